The number of aromatic nitrogens is 2. The van der Waals surface area contributed by atoms with Crippen LogP contribution in [0.25, 0.3) is 0 Å². The Kier molecular flexibility index (Phi) is 4.27. The fraction of sp³-hybridized carbons (Fsp3) is 0.471. The maximum absolute atomic E-state index is 12.4. The first-order chi connectivity index (χ1) is 12.2. The number of hydrogen-bond acceptors (Lipinski definition) is 5. The summed E-state index contributed by atoms with van der Waals surface area (Å²) in [7, 11) is 0. The average Bonchev–Trinajstić information content (AvgIpc) is 3.39. The van der Waals surface area contributed by atoms with E-state index in [-0.39, 0.29) is 17.9 Å². The van der Waals surface area contributed by atoms with E-state index in [0.29, 0.717) is 43.4 Å². The van der Waals surface area contributed by atoms with Crippen LogP contribution in [-0.2, 0) is 16.1 Å². The molecule has 2 amide bonds. The Balaban J connectivity index is 1.32. The summed E-state index contributed by atoms with van der Waals surface area (Å²) in [6.45, 7) is 1.53. The Labute approximate surface area is 144 Å². The van der Waals surface area contributed by atoms with E-state index < -0.39 is 6.10 Å². The van der Waals surface area contributed by atoms with Crippen molar-refractivity contribution in [3.8, 4) is 0 Å². The van der Waals surface area contributed by atoms with Crippen LogP contribution in [-0.4, -0.2) is 52.2 Å². The molecule has 132 valence electrons. The van der Waals surface area contributed by atoms with E-state index in [1.807, 2.05) is 6.07 Å². The smallest absolute Gasteiger partial charge is 0.271 e. The van der Waals surface area contributed by atoms with Gasteiger partial charge in [-0.05, 0) is 37.0 Å². The van der Waals surface area contributed by atoms with E-state index in [0.717, 1.165) is 6.42 Å². The SMILES string of the molecule is O=C(NCc1ccco1)[C@@H]1C[C@@H]2CCN(C(=O)c3ccn[nH]3)C[C@H]2O1. The molecule has 2 fully saturated rings. The fourth-order valence-electron chi connectivity index (χ4n) is 3.53. The predicted octanol–water partition coefficient (Wildman–Crippen LogP) is 0.939. The summed E-state index contributed by atoms with van der Waals surface area (Å²) in [5.41, 5.74) is 0.476. The van der Waals surface area contributed by atoms with Crippen LogP contribution in [0.5, 0.6) is 0 Å². The molecule has 2 aromatic heterocycles. The van der Waals surface area contributed by atoms with Crippen LogP contribution in [0.4, 0.5) is 0 Å². The van der Waals surface area contributed by atoms with Gasteiger partial charge in [0, 0.05) is 19.3 Å². The van der Waals surface area contributed by atoms with Gasteiger partial charge in [0.15, 0.2) is 0 Å². The van der Waals surface area contributed by atoms with E-state index in [1.54, 1.807) is 29.5 Å². The lowest BCUT2D eigenvalue weighted by Gasteiger charge is -2.33. The van der Waals surface area contributed by atoms with Crippen molar-refractivity contribution in [3.63, 3.8) is 0 Å². The topological polar surface area (TPSA) is 100 Å². The Morgan fingerprint density at radius 1 is 1.40 bits per heavy atom. The molecule has 0 aromatic carbocycles. The van der Waals surface area contributed by atoms with Crippen molar-refractivity contribution in [2.75, 3.05) is 13.1 Å². The second-order valence-electron chi connectivity index (χ2n) is 6.47. The highest BCUT2D eigenvalue weighted by atomic mass is 16.5. The maximum atomic E-state index is 12.4. The molecule has 0 radical (unpaired) electrons. The van der Waals surface area contributed by atoms with Crippen LogP contribution in [0, 0.1) is 5.92 Å². The van der Waals surface area contributed by atoms with Crippen molar-refractivity contribution in [3.05, 3.63) is 42.1 Å². The molecule has 4 heterocycles. The van der Waals surface area contributed by atoms with Gasteiger partial charge in [-0.15, -0.1) is 0 Å². The zero-order valence-electron chi connectivity index (χ0n) is 13.7. The lowest BCUT2D eigenvalue weighted by Crippen LogP contribution is -2.45. The van der Waals surface area contributed by atoms with Gasteiger partial charge in [0.2, 0.25) is 5.91 Å². The number of carbonyl (C=O) groups is 2. The fourth-order valence-corrected chi connectivity index (χ4v) is 3.53. The van der Waals surface area contributed by atoms with Gasteiger partial charge >= 0.3 is 0 Å². The first-order valence-electron chi connectivity index (χ1n) is 8.45. The van der Waals surface area contributed by atoms with Gasteiger partial charge in [-0.3, -0.25) is 14.7 Å². The van der Waals surface area contributed by atoms with Crippen molar-refractivity contribution in [1.29, 1.82) is 0 Å². The summed E-state index contributed by atoms with van der Waals surface area (Å²) in [5.74, 6) is 0.813. The summed E-state index contributed by atoms with van der Waals surface area (Å²) in [6, 6.07) is 5.26. The molecular formula is C17H20N4O4. The number of carbonyl (C=O) groups excluding carboxylic acids is 2. The summed E-state index contributed by atoms with van der Waals surface area (Å²) >= 11 is 0. The third-order valence-electron chi connectivity index (χ3n) is 4.88. The number of aromatic amines is 1. The molecule has 8 nitrogen and oxygen atoms in total. The minimum absolute atomic E-state index is 0.0785. The molecule has 25 heavy (non-hydrogen) atoms. The first-order valence-corrected chi connectivity index (χ1v) is 8.45. The number of nitrogens with zero attached hydrogens (tertiary/aromatic N) is 2. The van der Waals surface area contributed by atoms with Gasteiger partial charge in [0.1, 0.15) is 17.6 Å². The second kappa shape index (κ2) is 6.72. The number of piperidine rings is 1. The summed E-state index contributed by atoms with van der Waals surface area (Å²) in [5, 5.41) is 9.35. The molecule has 2 aromatic rings. The van der Waals surface area contributed by atoms with Gasteiger partial charge in [0.25, 0.3) is 5.91 Å². The molecule has 8 heteroatoms. The van der Waals surface area contributed by atoms with Crippen molar-refractivity contribution in [2.45, 2.75) is 31.6 Å². The van der Waals surface area contributed by atoms with Gasteiger partial charge in [0.05, 0.1) is 18.9 Å². The van der Waals surface area contributed by atoms with Crippen LogP contribution < -0.4 is 5.32 Å². The maximum Gasteiger partial charge on any atom is 0.271 e. The number of fused-ring (bicyclic) bond motifs is 1. The summed E-state index contributed by atoms with van der Waals surface area (Å²) < 4.78 is 11.1. The molecule has 0 bridgehead atoms. The lowest BCUT2D eigenvalue weighted by atomic mass is 9.91. The van der Waals surface area contributed by atoms with Crippen LogP contribution in [0.3, 0.4) is 0 Å². The number of hydrogen-bond donors (Lipinski definition) is 2. The minimum atomic E-state index is -0.466. The molecule has 0 saturated carbocycles. The molecule has 2 saturated heterocycles. The van der Waals surface area contributed by atoms with Crippen LogP contribution in [0.1, 0.15) is 29.1 Å². The molecule has 0 aliphatic carbocycles. The highest BCUT2D eigenvalue weighted by Crippen LogP contribution is 2.33. The quantitative estimate of drug-likeness (QED) is 0.860. The largest absolute Gasteiger partial charge is 0.467 e. The highest BCUT2D eigenvalue weighted by Gasteiger charge is 2.42. The third kappa shape index (κ3) is 3.30. The van der Waals surface area contributed by atoms with Crippen molar-refractivity contribution in [2.24, 2.45) is 5.92 Å². The normalized spacial score (nSPS) is 25.6. The van der Waals surface area contributed by atoms with Crippen LogP contribution in [0.2, 0.25) is 0 Å². The second-order valence-corrected chi connectivity index (χ2v) is 6.47. The van der Waals surface area contributed by atoms with E-state index in [9.17, 15) is 9.59 Å². The Morgan fingerprint density at radius 3 is 3.08 bits per heavy atom. The van der Waals surface area contributed by atoms with E-state index in [4.69, 9.17) is 9.15 Å². The number of likely N-dealkylation sites (tertiary alicyclic amines) is 1. The first kappa shape index (κ1) is 15.9. The number of furan rings is 1. The number of nitrogens with one attached hydrogen (secondary N) is 2. The molecule has 0 spiro atoms. The van der Waals surface area contributed by atoms with Gasteiger partial charge in [-0.2, -0.15) is 5.10 Å². The summed E-state index contributed by atoms with van der Waals surface area (Å²) in [6.07, 6.45) is 4.11. The monoisotopic (exact) mass is 344 g/mol. The Bertz CT molecular complexity index is 728. The standard InChI is InChI=1S/C17H20N4O4/c22-16(18-9-12-2-1-7-24-12)14-8-11-4-6-21(10-15(11)25-14)17(23)13-3-5-19-20-13/h1-3,5,7,11,14-15H,4,6,8-10H2,(H,18,22)(H,19,20)/t11-,14-,15+/m0/s1. The number of H-pyrrole nitrogens is 1. The van der Waals surface area contributed by atoms with Crippen LogP contribution in [0.15, 0.2) is 35.1 Å². The van der Waals surface area contributed by atoms with Gasteiger partial charge in [-0.1, -0.05) is 0 Å². The van der Waals surface area contributed by atoms with E-state index in [1.165, 1.54) is 0 Å². The number of ether oxygens (including phenoxy) is 1. The van der Waals surface area contributed by atoms with Gasteiger partial charge in [-0.25, -0.2) is 0 Å². The lowest BCUT2D eigenvalue weighted by molar-refractivity contribution is -0.132. The third-order valence-corrected chi connectivity index (χ3v) is 4.88. The minimum Gasteiger partial charge on any atom is -0.467 e. The predicted molar refractivity (Wildman–Crippen MR) is 86.4 cm³/mol. The molecule has 4 rings (SSSR count). The van der Waals surface area contributed by atoms with Crippen molar-refractivity contribution < 1.29 is 18.7 Å². The molecular weight excluding hydrogens is 324 g/mol. The molecule has 3 atom stereocenters. The van der Waals surface area contributed by atoms with Crippen molar-refractivity contribution in [1.82, 2.24) is 20.4 Å². The Morgan fingerprint density at radius 2 is 2.32 bits per heavy atom. The van der Waals surface area contributed by atoms with Crippen molar-refractivity contribution >= 4 is 11.8 Å². The molecule has 0 unspecified atom stereocenters. The zero-order chi connectivity index (χ0) is 17.2. The zero-order valence-corrected chi connectivity index (χ0v) is 13.7. The number of rotatable bonds is 4. The molecule has 2 N–H and O–H groups in total. The molecule has 2 aliphatic rings. The average molecular weight is 344 g/mol. The van der Waals surface area contributed by atoms with Gasteiger partial charge < -0.3 is 19.4 Å². The number of amides is 2. The van der Waals surface area contributed by atoms with E-state index in [2.05, 4.69) is 15.5 Å². The molecule has 2 aliphatic heterocycles. The Hall–Kier alpha value is -2.61. The summed E-state index contributed by atoms with van der Waals surface area (Å²) in [4.78, 5) is 26.5. The van der Waals surface area contributed by atoms with E-state index >= 15 is 0 Å². The highest BCUT2D eigenvalue weighted by molar-refractivity contribution is 5.92. The van der Waals surface area contributed by atoms with Crippen LogP contribution >= 0.6 is 0 Å².